The van der Waals surface area contributed by atoms with Gasteiger partial charge in [-0.25, -0.2) is 9.59 Å². The molecule has 2 aliphatic heterocycles. The molecule has 0 spiro atoms. The van der Waals surface area contributed by atoms with Crippen LogP contribution in [0.3, 0.4) is 0 Å². The number of benzene rings is 2. The lowest BCUT2D eigenvalue weighted by Crippen LogP contribution is -2.47. The summed E-state index contributed by atoms with van der Waals surface area (Å²) in [5.74, 6) is -7.08. The Morgan fingerprint density at radius 2 is 0.900 bits per heavy atom. The summed E-state index contributed by atoms with van der Waals surface area (Å²) in [7, 11) is 0. The quantitative estimate of drug-likeness (QED) is 0.379. The zero-order chi connectivity index (χ0) is 36.4. The molecule has 262 valence electrons. The van der Waals surface area contributed by atoms with E-state index >= 15 is 0 Å². The van der Waals surface area contributed by atoms with Crippen molar-refractivity contribution in [3.8, 4) is 11.1 Å². The van der Waals surface area contributed by atoms with Gasteiger partial charge < -0.3 is 9.47 Å². The Bertz CT molecular complexity index is 1740. The second-order valence-corrected chi connectivity index (χ2v) is 15.3. The van der Waals surface area contributed by atoms with Gasteiger partial charge in [-0.15, -0.1) is 0 Å². The topological polar surface area (TPSA) is 162 Å². The number of Topliss-reactive ketones (excluding diaryl/α,β-unsaturated/α-hetero) is 6. The summed E-state index contributed by atoms with van der Waals surface area (Å²) >= 11 is 0. The predicted octanol–water partition coefficient (Wildman–Crippen LogP) is 5.28. The molecule has 0 N–H and O–H groups in total. The first-order valence-corrected chi connectivity index (χ1v) is 16.9. The summed E-state index contributed by atoms with van der Waals surface area (Å²) in [6, 6.07) is 7.11. The largest absolute Gasteiger partial charge is 0.444 e. The van der Waals surface area contributed by atoms with Gasteiger partial charge in [-0.05, 0) is 90.5 Å². The number of likely N-dealkylation sites (tertiary alicyclic amines) is 2. The molecule has 0 aromatic heterocycles. The van der Waals surface area contributed by atoms with Crippen LogP contribution < -0.4 is 0 Å². The average molecular weight is 685 g/mol. The Morgan fingerprint density at radius 1 is 0.560 bits per heavy atom. The van der Waals surface area contributed by atoms with Gasteiger partial charge in [0.05, 0.1) is 12.1 Å². The zero-order valence-corrected chi connectivity index (χ0v) is 29.0. The Kier molecular flexibility index (Phi) is 8.64. The minimum absolute atomic E-state index is 0.0482. The van der Waals surface area contributed by atoms with Crippen LogP contribution in [-0.4, -0.2) is 93.1 Å². The maximum atomic E-state index is 13.7. The van der Waals surface area contributed by atoms with E-state index in [-0.39, 0.29) is 35.3 Å². The molecule has 2 aliphatic carbocycles. The number of ketones is 6. The molecule has 50 heavy (non-hydrogen) atoms. The zero-order valence-electron chi connectivity index (χ0n) is 29.0. The fraction of sp³-hybridized carbons (Fsp3) is 0.474. The van der Waals surface area contributed by atoms with Crippen LogP contribution >= 0.6 is 0 Å². The maximum Gasteiger partial charge on any atom is 0.410 e. The van der Waals surface area contributed by atoms with E-state index in [1.165, 1.54) is 34.1 Å². The van der Waals surface area contributed by atoms with Crippen LogP contribution in [0.25, 0.3) is 11.1 Å². The van der Waals surface area contributed by atoms with Crippen LogP contribution in [0.15, 0.2) is 36.4 Å². The molecular formula is C38H40N2O10. The van der Waals surface area contributed by atoms with Crippen molar-refractivity contribution in [1.82, 2.24) is 9.80 Å². The summed E-state index contributed by atoms with van der Waals surface area (Å²) in [5.41, 5.74) is -0.392. The molecule has 6 rings (SSSR count). The molecule has 2 amide bonds. The fourth-order valence-corrected chi connectivity index (χ4v) is 7.25. The van der Waals surface area contributed by atoms with E-state index in [0.29, 0.717) is 36.8 Å². The molecule has 0 saturated carbocycles. The molecular weight excluding hydrogens is 644 g/mol. The number of rotatable bonds is 5. The number of hydrogen-bond donors (Lipinski definition) is 0. The van der Waals surface area contributed by atoms with E-state index in [9.17, 15) is 38.4 Å². The van der Waals surface area contributed by atoms with Crippen molar-refractivity contribution in [2.24, 2.45) is 11.8 Å². The van der Waals surface area contributed by atoms with E-state index in [0.717, 1.165) is 0 Å². The molecule has 2 aromatic rings. The first-order valence-electron chi connectivity index (χ1n) is 16.9. The van der Waals surface area contributed by atoms with Crippen molar-refractivity contribution in [1.29, 1.82) is 0 Å². The summed E-state index contributed by atoms with van der Waals surface area (Å²) in [4.78, 5) is 110. The lowest BCUT2D eigenvalue weighted by molar-refractivity contribution is -0.125. The van der Waals surface area contributed by atoms with Gasteiger partial charge in [-0.3, -0.25) is 38.6 Å². The minimum atomic E-state index is -1.59. The molecule has 0 radical (unpaired) electrons. The Morgan fingerprint density at radius 3 is 1.24 bits per heavy atom. The van der Waals surface area contributed by atoms with Gasteiger partial charge in [-0.1, -0.05) is 24.3 Å². The summed E-state index contributed by atoms with van der Waals surface area (Å²) in [6.07, 6.45) is 0.308. The molecule has 4 aliphatic rings. The third kappa shape index (κ3) is 6.16. The van der Waals surface area contributed by atoms with Crippen LogP contribution in [0.4, 0.5) is 9.59 Å². The Balaban J connectivity index is 1.22. The smallest absolute Gasteiger partial charge is 0.410 e. The van der Waals surface area contributed by atoms with Gasteiger partial charge in [0, 0.05) is 35.3 Å². The van der Waals surface area contributed by atoms with Gasteiger partial charge in [0.25, 0.3) is 0 Å². The van der Waals surface area contributed by atoms with Gasteiger partial charge in [0.1, 0.15) is 23.0 Å². The maximum absolute atomic E-state index is 13.7. The fourth-order valence-electron chi connectivity index (χ4n) is 7.25. The minimum Gasteiger partial charge on any atom is -0.444 e. The molecule has 2 fully saturated rings. The van der Waals surface area contributed by atoms with Crippen molar-refractivity contribution in [2.75, 3.05) is 13.1 Å². The molecule has 4 atom stereocenters. The van der Waals surface area contributed by atoms with Crippen LogP contribution in [0.5, 0.6) is 0 Å². The van der Waals surface area contributed by atoms with Crippen molar-refractivity contribution in [3.63, 3.8) is 0 Å². The van der Waals surface area contributed by atoms with E-state index in [1.807, 2.05) is 0 Å². The number of ether oxygens (including phenoxy) is 2. The standard InChI is InChI=1S/C38H40N2O10/c1-37(2,3)49-35(47)39-15-7-9-25(39)33(45)27-29(41)21-13-11-19(17-23(21)31(27)43)20-12-14-22-24(18-20)32(44)28(30(22)42)34(46)26-10-8-16-40(26)36(48)50-38(4,5)6/h11-14,17-18,25-28H,7-10,15-16H2,1-6H3/t25-,26-,27?,28?/m0/s1. The third-order valence-corrected chi connectivity index (χ3v) is 9.47. The third-order valence-electron chi connectivity index (χ3n) is 9.47. The van der Waals surface area contributed by atoms with Crippen molar-refractivity contribution in [3.05, 3.63) is 58.7 Å². The van der Waals surface area contributed by atoms with E-state index in [1.54, 1.807) is 53.7 Å². The van der Waals surface area contributed by atoms with Gasteiger partial charge in [-0.2, -0.15) is 0 Å². The van der Waals surface area contributed by atoms with Crippen molar-refractivity contribution in [2.45, 2.75) is 90.5 Å². The molecule has 12 heteroatoms. The predicted molar refractivity (Wildman–Crippen MR) is 178 cm³/mol. The monoisotopic (exact) mass is 684 g/mol. The van der Waals surface area contributed by atoms with E-state index in [4.69, 9.17) is 9.47 Å². The van der Waals surface area contributed by atoms with E-state index in [2.05, 4.69) is 0 Å². The first-order chi connectivity index (χ1) is 23.4. The van der Waals surface area contributed by atoms with Crippen LogP contribution in [0.2, 0.25) is 0 Å². The molecule has 2 heterocycles. The first kappa shape index (κ1) is 34.8. The van der Waals surface area contributed by atoms with Crippen molar-refractivity contribution < 1.29 is 47.8 Å². The Labute approximate surface area is 289 Å². The van der Waals surface area contributed by atoms with E-state index < -0.39 is 82.0 Å². The lowest BCUT2D eigenvalue weighted by atomic mass is 9.92. The summed E-state index contributed by atoms with van der Waals surface area (Å²) < 4.78 is 10.9. The lowest BCUT2D eigenvalue weighted by Gasteiger charge is -2.28. The number of fused-ring (bicyclic) bond motifs is 2. The normalized spacial score (nSPS) is 23.3. The summed E-state index contributed by atoms with van der Waals surface area (Å²) in [6.45, 7) is 10.8. The average Bonchev–Trinajstić information content (AvgIpc) is 3.81. The highest BCUT2D eigenvalue weighted by Gasteiger charge is 2.50. The van der Waals surface area contributed by atoms with Gasteiger partial charge in [0.15, 0.2) is 34.7 Å². The van der Waals surface area contributed by atoms with Crippen LogP contribution in [0.1, 0.15) is 109 Å². The van der Waals surface area contributed by atoms with Gasteiger partial charge >= 0.3 is 12.2 Å². The molecule has 12 nitrogen and oxygen atoms in total. The SMILES string of the molecule is CC(C)(C)OC(=O)N1CCC[C@H]1C(=O)C1C(=O)c2ccc(-c3ccc4c(c3)C(=O)C(C(=O)[C@@H]3CCCN3C(=O)OC(C)(C)C)C4=O)cc2C1=O. The highest BCUT2D eigenvalue weighted by Crippen LogP contribution is 2.37. The van der Waals surface area contributed by atoms with Crippen LogP contribution in [0, 0.1) is 11.8 Å². The number of nitrogens with zero attached hydrogens (tertiary/aromatic N) is 2. The molecule has 2 aromatic carbocycles. The molecule has 2 unspecified atom stereocenters. The molecule has 0 bridgehead atoms. The molecule has 2 saturated heterocycles. The number of hydrogen-bond acceptors (Lipinski definition) is 10. The number of carbonyl (C=O) groups excluding carboxylic acids is 8. The van der Waals surface area contributed by atoms with Crippen LogP contribution in [-0.2, 0) is 19.1 Å². The highest BCUT2D eigenvalue weighted by molar-refractivity contribution is 6.37. The second-order valence-electron chi connectivity index (χ2n) is 15.3. The Hall–Kier alpha value is -5.00. The highest BCUT2D eigenvalue weighted by atomic mass is 16.6. The second kappa shape index (κ2) is 12.4. The van der Waals surface area contributed by atoms with Crippen molar-refractivity contribution >= 4 is 46.9 Å². The summed E-state index contributed by atoms with van der Waals surface area (Å²) in [5, 5.41) is 0. The van der Waals surface area contributed by atoms with Gasteiger partial charge in [0.2, 0.25) is 0 Å². The number of amides is 2. The number of carbonyl (C=O) groups is 8.